The number of ether oxygens (including phenoxy) is 1. The Morgan fingerprint density at radius 3 is 2.37 bits per heavy atom. The average Bonchev–Trinajstić information content (AvgIpc) is 2.79. The summed E-state index contributed by atoms with van der Waals surface area (Å²) >= 11 is 0. The first-order valence-electron chi connectivity index (χ1n) is 10.8. The van der Waals surface area contributed by atoms with Crippen molar-refractivity contribution in [2.75, 3.05) is 26.2 Å². The number of nitrogens with zero attached hydrogens (tertiary/aromatic N) is 2. The lowest BCUT2D eigenvalue weighted by molar-refractivity contribution is 0.0568. The quantitative estimate of drug-likeness (QED) is 0.621. The number of piperidine rings is 1. The van der Waals surface area contributed by atoms with Crippen molar-refractivity contribution in [1.29, 1.82) is 0 Å². The molecule has 162 valence electrons. The number of alkyl halides is 1. The highest BCUT2D eigenvalue weighted by atomic mass is 19.1. The monoisotopic (exact) mass is 414 g/mol. The van der Waals surface area contributed by atoms with Gasteiger partial charge in [0.15, 0.2) is 0 Å². The van der Waals surface area contributed by atoms with Crippen molar-refractivity contribution < 1.29 is 19.0 Å². The summed E-state index contributed by atoms with van der Waals surface area (Å²) in [6.45, 7) is 6.87. The number of aromatic carboxylic acids is 1. The molecule has 0 bridgehead atoms. The first-order chi connectivity index (χ1) is 14.4. The van der Waals surface area contributed by atoms with Gasteiger partial charge >= 0.3 is 5.97 Å². The van der Waals surface area contributed by atoms with E-state index in [-0.39, 0.29) is 5.56 Å². The largest absolute Gasteiger partial charge is 0.492 e. The Bertz CT molecular complexity index is 811. The molecule has 0 radical (unpaired) electrons. The molecule has 1 saturated heterocycles. The van der Waals surface area contributed by atoms with Crippen LogP contribution >= 0.6 is 0 Å². The van der Waals surface area contributed by atoms with E-state index < -0.39 is 11.6 Å². The summed E-state index contributed by atoms with van der Waals surface area (Å²) in [5.74, 6) is 0.258. The smallest absolute Gasteiger partial charge is 0.335 e. The molecule has 1 aliphatic heterocycles. The van der Waals surface area contributed by atoms with E-state index in [0.29, 0.717) is 31.9 Å². The Kier molecular flexibility index (Phi) is 7.43. The highest BCUT2D eigenvalue weighted by molar-refractivity contribution is 5.88. The number of aromatic nitrogens is 1. The third-order valence-corrected chi connectivity index (χ3v) is 6.13. The number of carbonyl (C=O) groups is 1. The van der Waals surface area contributed by atoms with E-state index in [1.807, 2.05) is 26.0 Å². The van der Waals surface area contributed by atoms with Gasteiger partial charge in [-0.25, -0.2) is 9.18 Å². The van der Waals surface area contributed by atoms with Crippen molar-refractivity contribution in [3.05, 3.63) is 48.2 Å². The van der Waals surface area contributed by atoms with Crippen LogP contribution in [0.5, 0.6) is 5.75 Å². The van der Waals surface area contributed by atoms with Crippen LogP contribution in [0.15, 0.2) is 42.6 Å². The molecular weight excluding hydrogens is 383 g/mol. The number of carboxylic acids is 1. The molecule has 1 N–H and O–H groups in total. The van der Waals surface area contributed by atoms with Crippen molar-refractivity contribution in [1.82, 2.24) is 9.88 Å². The summed E-state index contributed by atoms with van der Waals surface area (Å²) in [5.41, 5.74) is 0.826. The second kappa shape index (κ2) is 10.0. The first kappa shape index (κ1) is 22.2. The minimum Gasteiger partial charge on any atom is -0.492 e. The average molecular weight is 415 g/mol. The minimum atomic E-state index is -1.06. The molecule has 1 aromatic carbocycles. The molecule has 6 heteroatoms. The minimum absolute atomic E-state index is 0.256. The van der Waals surface area contributed by atoms with E-state index in [1.54, 1.807) is 30.5 Å². The number of pyridine rings is 1. The fourth-order valence-electron chi connectivity index (χ4n) is 3.82. The lowest BCUT2D eigenvalue weighted by Gasteiger charge is -2.36. The van der Waals surface area contributed by atoms with Crippen LogP contribution in [0.4, 0.5) is 4.39 Å². The van der Waals surface area contributed by atoms with Crippen LogP contribution in [0, 0.1) is 5.92 Å². The van der Waals surface area contributed by atoms with Crippen LogP contribution in [0.3, 0.4) is 0 Å². The van der Waals surface area contributed by atoms with Crippen LogP contribution in [-0.2, 0) is 0 Å². The fraction of sp³-hybridized carbons (Fsp3) is 0.500. The second-order valence-corrected chi connectivity index (χ2v) is 8.15. The zero-order chi connectivity index (χ0) is 21.6. The van der Waals surface area contributed by atoms with Gasteiger partial charge in [0, 0.05) is 12.1 Å². The van der Waals surface area contributed by atoms with Crippen molar-refractivity contribution in [3.63, 3.8) is 0 Å². The van der Waals surface area contributed by atoms with Gasteiger partial charge in [0.25, 0.3) is 0 Å². The zero-order valence-corrected chi connectivity index (χ0v) is 17.8. The lowest BCUT2D eigenvalue weighted by atomic mass is 9.94. The number of hydrogen-bond acceptors (Lipinski definition) is 4. The maximum atomic E-state index is 14.6. The number of hydrogen-bond donors (Lipinski definition) is 1. The number of benzene rings is 1. The van der Waals surface area contributed by atoms with Gasteiger partial charge in [-0.3, -0.25) is 4.98 Å². The summed E-state index contributed by atoms with van der Waals surface area (Å²) < 4.78 is 20.5. The highest BCUT2D eigenvalue weighted by Gasteiger charge is 2.30. The topological polar surface area (TPSA) is 62.7 Å². The van der Waals surface area contributed by atoms with Gasteiger partial charge in [-0.05, 0) is 69.0 Å². The van der Waals surface area contributed by atoms with Crippen molar-refractivity contribution >= 4 is 5.97 Å². The van der Waals surface area contributed by atoms with Gasteiger partial charge in [-0.1, -0.05) is 26.0 Å². The van der Waals surface area contributed by atoms with Crippen LogP contribution < -0.4 is 4.74 Å². The summed E-state index contributed by atoms with van der Waals surface area (Å²) in [6, 6.07) is 10.4. The Morgan fingerprint density at radius 2 is 1.83 bits per heavy atom. The molecule has 30 heavy (non-hydrogen) atoms. The van der Waals surface area contributed by atoms with Gasteiger partial charge in [0.2, 0.25) is 0 Å². The molecule has 0 unspecified atom stereocenters. The summed E-state index contributed by atoms with van der Waals surface area (Å²) in [4.78, 5) is 17.6. The van der Waals surface area contributed by atoms with Crippen molar-refractivity contribution in [3.8, 4) is 17.0 Å². The first-order valence-corrected chi connectivity index (χ1v) is 10.8. The number of halogens is 1. The highest BCUT2D eigenvalue weighted by Crippen LogP contribution is 2.26. The molecule has 0 atom stereocenters. The maximum Gasteiger partial charge on any atom is 0.335 e. The third-order valence-electron chi connectivity index (χ3n) is 6.13. The van der Waals surface area contributed by atoms with Gasteiger partial charge in [0.05, 0.1) is 24.1 Å². The van der Waals surface area contributed by atoms with E-state index in [4.69, 9.17) is 9.84 Å². The molecule has 1 aliphatic rings. The summed E-state index contributed by atoms with van der Waals surface area (Å²) in [6.07, 6.45) is 4.88. The Morgan fingerprint density at radius 1 is 1.17 bits per heavy atom. The molecule has 1 aromatic heterocycles. The molecule has 3 rings (SSSR count). The predicted octanol–water partition coefficient (Wildman–Crippen LogP) is 5.07. The molecule has 0 amide bonds. The number of rotatable bonds is 9. The van der Waals surface area contributed by atoms with Gasteiger partial charge in [-0.2, -0.15) is 0 Å². The Labute approximate surface area is 177 Å². The molecule has 0 aliphatic carbocycles. The molecular formula is C24H31FN2O3. The van der Waals surface area contributed by atoms with E-state index in [9.17, 15) is 9.18 Å². The summed E-state index contributed by atoms with van der Waals surface area (Å²) in [7, 11) is 0. The molecule has 0 spiro atoms. The normalized spacial score (nSPS) is 15.8. The second-order valence-electron chi connectivity index (χ2n) is 8.15. The summed E-state index contributed by atoms with van der Waals surface area (Å²) in [5, 5.41) is 8.98. The molecule has 5 nitrogen and oxygen atoms in total. The van der Waals surface area contributed by atoms with Gasteiger partial charge in [0.1, 0.15) is 11.4 Å². The van der Waals surface area contributed by atoms with Crippen molar-refractivity contribution in [2.24, 2.45) is 5.92 Å². The fourth-order valence-corrected chi connectivity index (χ4v) is 3.82. The molecule has 2 heterocycles. The van der Waals surface area contributed by atoms with Crippen LogP contribution in [0.25, 0.3) is 11.3 Å². The maximum absolute atomic E-state index is 14.6. The van der Waals surface area contributed by atoms with Crippen LogP contribution in [0.1, 0.15) is 49.9 Å². The van der Waals surface area contributed by atoms with Gasteiger partial charge in [-0.15, -0.1) is 0 Å². The number of carboxylic acid groups (broad SMARTS) is 1. The van der Waals surface area contributed by atoms with E-state index in [0.717, 1.165) is 42.9 Å². The van der Waals surface area contributed by atoms with Gasteiger partial charge < -0.3 is 14.7 Å². The standard InChI is InChI=1S/C24H31FN2O3/c1-3-24(25,4-2)17-27-13-11-18(12-14-27)16-30-21-9-10-22(26-15-21)19-5-7-20(8-6-19)23(28)29/h5-10,15,18H,3-4,11-14,16-17H2,1-2H3,(H,28,29). The Hall–Kier alpha value is -2.47. The molecule has 2 aromatic rings. The Balaban J connectivity index is 1.46. The van der Waals surface area contributed by atoms with Crippen molar-refractivity contribution in [2.45, 2.75) is 45.2 Å². The van der Waals surface area contributed by atoms with Crippen LogP contribution in [-0.4, -0.2) is 52.9 Å². The zero-order valence-electron chi connectivity index (χ0n) is 17.8. The number of likely N-dealkylation sites (tertiary alicyclic amines) is 1. The van der Waals surface area contributed by atoms with E-state index in [1.165, 1.54) is 0 Å². The van der Waals surface area contributed by atoms with E-state index in [2.05, 4.69) is 9.88 Å². The predicted molar refractivity (Wildman–Crippen MR) is 116 cm³/mol. The lowest BCUT2D eigenvalue weighted by Crippen LogP contribution is -2.44. The van der Waals surface area contributed by atoms with Crippen LogP contribution in [0.2, 0.25) is 0 Å². The van der Waals surface area contributed by atoms with E-state index >= 15 is 0 Å². The third kappa shape index (κ3) is 5.79. The molecule has 1 fully saturated rings. The SMILES string of the molecule is CCC(F)(CC)CN1CCC(COc2ccc(-c3ccc(C(=O)O)cc3)nc2)CC1. The molecule has 0 saturated carbocycles.